The number of carbonyl (C=O) groups is 1. The van der Waals surface area contributed by atoms with Gasteiger partial charge in [0, 0.05) is 19.2 Å². The van der Waals surface area contributed by atoms with Gasteiger partial charge in [0.05, 0.1) is 4.47 Å². The van der Waals surface area contributed by atoms with Crippen molar-refractivity contribution in [1.82, 2.24) is 4.98 Å². The van der Waals surface area contributed by atoms with Crippen molar-refractivity contribution >= 4 is 27.7 Å². The molecule has 0 amide bonds. The number of pyridine rings is 1. The van der Waals surface area contributed by atoms with Crippen LogP contribution >= 0.6 is 15.9 Å². The Hall–Kier alpha value is -1.10. The minimum Gasteiger partial charge on any atom is -0.460 e. The third kappa shape index (κ3) is 6.57. The molecule has 1 N–H and O–H groups in total. The smallest absolute Gasteiger partial charge is 0.306 e. The van der Waals surface area contributed by atoms with Gasteiger partial charge in [0.2, 0.25) is 0 Å². The molecule has 0 atom stereocenters. The number of nitrogens with one attached hydrogen (secondary N) is 1. The first-order valence-corrected chi connectivity index (χ1v) is 7.15. The first-order valence-electron chi connectivity index (χ1n) is 6.36. The fraction of sp³-hybridized carbons (Fsp3) is 0.571. The Morgan fingerprint density at radius 2 is 2.16 bits per heavy atom. The van der Waals surface area contributed by atoms with E-state index in [4.69, 9.17) is 4.74 Å². The Bertz CT molecular complexity index is 442. The van der Waals surface area contributed by atoms with E-state index in [9.17, 15) is 4.79 Å². The molecule has 0 saturated heterocycles. The molecule has 1 heterocycles. The molecule has 19 heavy (non-hydrogen) atoms. The van der Waals surface area contributed by atoms with E-state index in [2.05, 4.69) is 26.2 Å². The fourth-order valence-corrected chi connectivity index (χ4v) is 2.10. The number of nitrogens with zero attached hydrogens (tertiary/aromatic N) is 1. The van der Waals surface area contributed by atoms with E-state index in [1.807, 2.05) is 33.8 Å². The van der Waals surface area contributed by atoms with Gasteiger partial charge in [0.25, 0.3) is 0 Å². The van der Waals surface area contributed by atoms with Crippen LogP contribution in [0.1, 0.15) is 39.2 Å². The molecule has 5 heteroatoms. The molecule has 1 aromatic heterocycles. The van der Waals surface area contributed by atoms with Gasteiger partial charge in [-0.2, -0.15) is 0 Å². The van der Waals surface area contributed by atoms with E-state index in [1.54, 1.807) is 6.20 Å². The molecule has 1 aromatic rings. The second kappa shape index (κ2) is 6.89. The van der Waals surface area contributed by atoms with E-state index in [1.165, 1.54) is 0 Å². The maximum absolute atomic E-state index is 11.5. The van der Waals surface area contributed by atoms with Gasteiger partial charge < -0.3 is 10.1 Å². The molecule has 0 radical (unpaired) electrons. The van der Waals surface area contributed by atoms with Crippen molar-refractivity contribution in [1.29, 1.82) is 0 Å². The number of hydrogen-bond acceptors (Lipinski definition) is 4. The number of aromatic nitrogens is 1. The highest BCUT2D eigenvalue weighted by Crippen LogP contribution is 2.20. The van der Waals surface area contributed by atoms with Crippen molar-refractivity contribution in [3.05, 3.63) is 22.3 Å². The number of esters is 1. The molecule has 0 bridgehead atoms. The monoisotopic (exact) mass is 328 g/mol. The number of aryl methyl sites for hydroxylation is 1. The Balaban J connectivity index is 2.29. The van der Waals surface area contributed by atoms with Crippen LogP contribution in [0, 0.1) is 6.92 Å². The number of rotatable bonds is 5. The summed E-state index contributed by atoms with van der Waals surface area (Å²) in [7, 11) is 0. The van der Waals surface area contributed by atoms with Crippen LogP contribution in [0.4, 0.5) is 5.82 Å². The first-order chi connectivity index (χ1) is 8.78. The highest BCUT2D eigenvalue weighted by Gasteiger charge is 2.15. The van der Waals surface area contributed by atoms with Crippen molar-refractivity contribution in [3.63, 3.8) is 0 Å². The summed E-state index contributed by atoms with van der Waals surface area (Å²) < 4.78 is 6.17. The van der Waals surface area contributed by atoms with Crippen molar-refractivity contribution in [3.8, 4) is 0 Å². The fourth-order valence-electron chi connectivity index (χ4n) is 1.50. The lowest BCUT2D eigenvalue weighted by molar-refractivity contribution is -0.154. The normalized spacial score (nSPS) is 11.2. The molecule has 4 nitrogen and oxygen atoms in total. The largest absolute Gasteiger partial charge is 0.460 e. The maximum Gasteiger partial charge on any atom is 0.306 e. The van der Waals surface area contributed by atoms with Crippen molar-refractivity contribution in [2.75, 3.05) is 11.9 Å². The zero-order valence-electron chi connectivity index (χ0n) is 11.9. The lowest BCUT2D eigenvalue weighted by atomic mass is 10.2. The molecular weight excluding hydrogens is 308 g/mol. The van der Waals surface area contributed by atoms with Gasteiger partial charge in [0.1, 0.15) is 11.4 Å². The number of carbonyl (C=O) groups excluding carboxylic acids is 1. The average Bonchev–Trinajstić information content (AvgIpc) is 2.24. The molecule has 0 aliphatic carbocycles. The third-order valence-corrected chi connectivity index (χ3v) is 2.85. The van der Waals surface area contributed by atoms with Crippen molar-refractivity contribution < 1.29 is 9.53 Å². The van der Waals surface area contributed by atoms with Gasteiger partial charge in [-0.15, -0.1) is 0 Å². The molecule has 0 aliphatic rings. The standard InChI is InChI=1S/C14H21BrN2O2/c1-10-8-11(15)13(17-9-10)16-7-5-6-12(18)19-14(2,3)4/h8-9H,5-7H2,1-4H3,(H,16,17). The molecule has 0 spiro atoms. The minimum absolute atomic E-state index is 0.162. The summed E-state index contributed by atoms with van der Waals surface area (Å²) in [6.45, 7) is 8.29. The van der Waals surface area contributed by atoms with Gasteiger partial charge in [-0.05, 0) is 61.7 Å². The predicted molar refractivity (Wildman–Crippen MR) is 80.2 cm³/mol. The van der Waals surface area contributed by atoms with Gasteiger partial charge in [-0.1, -0.05) is 0 Å². The summed E-state index contributed by atoms with van der Waals surface area (Å²) in [6, 6.07) is 2.00. The Kier molecular flexibility index (Phi) is 5.79. The van der Waals surface area contributed by atoms with Crippen LogP contribution in [0.25, 0.3) is 0 Å². The molecule has 0 fully saturated rings. The second-order valence-corrected chi connectivity index (χ2v) is 6.31. The Morgan fingerprint density at radius 1 is 1.47 bits per heavy atom. The zero-order chi connectivity index (χ0) is 14.5. The minimum atomic E-state index is -0.411. The highest BCUT2D eigenvalue weighted by atomic mass is 79.9. The van der Waals surface area contributed by atoms with Crippen LogP contribution in [0.3, 0.4) is 0 Å². The summed E-state index contributed by atoms with van der Waals surface area (Å²) >= 11 is 3.45. The average molecular weight is 329 g/mol. The van der Waals surface area contributed by atoms with Crippen LogP contribution in [0.5, 0.6) is 0 Å². The van der Waals surface area contributed by atoms with Gasteiger partial charge in [0.15, 0.2) is 0 Å². The third-order valence-electron chi connectivity index (χ3n) is 2.25. The molecule has 106 valence electrons. The second-order valence-electron chi connectivity index (χ2n) is 5.46. The highest BCUT2D eigenvalue weighted by molar-refractivity contribution is 9.10. The van der Waals surface area contributed by atoms with Crippen LogP contribution in [-0.4, -0.2) is 23.1 Å². The number of ether oxygens (including phenoxy) is 1. The number of anilines is 1. The van der Waals surface area contributed by atoms with Gasteiger partial charge in [-0.3, -0.25) is 4.79 Å². The van der Waals surface area contributed by atoms with Crippen molar-refractivity contribution in [2.24, 2.45) is 0 Å². The molecular formula is C14H21BrN2O2. The van der Waals surface area contributed by atoms with Crippen molar-refractivity contribution in [2.45, 2.75) is 46.1 Å². The van der Waals surface area contributed by atoms with E-state index in [-0.39, 0.29) is 5.97 Å². The summed E-state index contributed by atoms with van der Waals surface area (Å²) in [5.74, 6) is 0.639. The van der Waals surface area contributed by atoms with E-state index >= 15 is 0 Å². The molecule has 0 aromatic carbocycles. The summed E-state index contributed by atoms with van der Waals surface area (Å²) in [5, 5.41) is 3.19. The number of hydrogen-bond donors (Lipinski definition) is 1. The Labute approximate surface area is 123 Å². The van der Waals surface area contributed by atoms with E-state index in [0.29, 0.717) is 13.0 Å². The summed E-state index contributed by atoms with van der Waals surface area (Å²) in [4.78, 5) is 15.8. The lowest BCUT2D eigenvalue weighted by Crippen LogP contribution is -2.24. The topological polar surface area (TPSA) is 51.2 Å². The van der Waals surface area contributed by atoms with Crippen LogP contribution < -0.4 is 5.32 Å². The SMILES string of the molecule is Cc1cnc(NCCCC(=O)OC(C)(C)C)c(Br)c1. The van der Waals surface area contributed by atoms with E-state index in [0.717, 1.165) is 22.3 Å². The predicted octanol–water partition coefficient (Wildman–Crippen LogP) is 3.69. The number of halogens is 1. The first kappa shape index (κ1) is 16.0. The Morgan fingerprint density at radius 3 is 2.74 bits per heavy atom. The lowest BCUT2D eigenvalue weighted by Gasteiger charge is -2.19. The van der Waals surface area contributed by atoms with E-state index < -0.39 is 5.60 Å². The zero-order valence-corrected chi connectivity index (χ0v) is 13.5. The van der Waals surface area contributed by atoms with Crippen LogP contribution in [0.15, 0.2) is 16.7 Å². The maximum atomic E-state index is 11.5. The molecule has 0 saturated carbocycles. The van der Waals surface area contributed by atoms with Crippen LogP contribution in [0.2, 0.25) is 0 Å². The quantitative estimate of drug-likeness (QED) is 0.661. The molecule has 1 rings (SSSR count). The van der Waals surface area contributed by atoms with Gasteiger partial charge in [-0.25, -0.2) is 4.98 Å². The van der Waals surface area contributed by atoms with Gasteiger partial charge >= 0.3 is 5.97 Å². The van der Waals surface area contributed by atoms with Crippen LogP contribution in [-0.2, 0) is 9.53 Å². The molecule has 0 aliphatic heterocycles. The summed E-state index contributed by atoms with van der Waals surface area (Å²) in [6.07, 6.45) is 2.94. The summed E-state index contributed by atoms with van der Waals surface area (Å²) in [5.41, 5.74) is 0.692. The molecule has 0 unspecified atom stereocenters.